The lowest BCUT2D eigenvalue weighted by atomic mass is 9.99. The van der Waals surface area contributed by atoms with Crippen molar-refractivity contribution in [2.24, 2.45) is 0 Å². The van der Waals surface area contributed by atoms with Gasteiger partial charge in [-0.15, -0.1) is 0 Å². The van der Waals surface area contributed by atoms with Gasteiger partial charge < -0.3 is 15.0 Å². The van der Waals surface area contributed by atoms with Crippen LogP contribution in [0.5, 0.6) is 0 Å². The van der Waals surface area contributed by atoms with Gasteiger partial charge in [0.2, 0.25) is 0 Å². The number of benzene rings is 1. The number of hydrogen-bond acceptors (Lipinski definition) is 5. The van der Waals surface area contributed by atoms with Crippen molar-refractivity contribution in [1.82, 2.24) is 9.97 Å². The van der Waals surface area contributed by atoms with Crippen LogP contribution < -0.4 is 10.2 Å². The molecular formula is C27H25F3N4O2. The monoisotopic (exact) mass is 494 g/mol. The fraction of sp³-hybridized carbons (Fsp3) is 0.296. The Morgan fingerprint density at radius 1 is 1.17 bits per heavy atom. The average molecular weight is 495 g/mol. The van der Waals surface area contributed by atoms with Gasteiger partial charge in [-0.2, -0.15) is 8.78 Å². The summed E-state index contributed by atoms with van der Waals surface area (Å²) in [6.45, 7) is 6.77. The number of pyridine rings is 2. The number of aromatic nitrogens is 2. The van der Waals surface area contributed by atoms with E-state index in [-0.39, 0.29) is 11.3 Å². The van der Waals surface area contributed by atoms with E-state index in [0.29, 0.717) is 50.0 Å². The van der Waals surface area contributed by atoms with Crippen molar-refractivity contribution in [3.63, 3.8) is 0 Å². The highest BCUT2D eigenvalue weighted by Crippen LogP contribution is 2.33. The molecule has 3 heterocycles. The zero-order valence-corrected chi connectivity index (χ0v) is 20.2. The molecule has 0 saturated carbocycles. The number of alkyl halides is 2. The highest BCUT2D eigenvalue weighted by Gasteiger charge is 2.27. The Labute approximate surface area is 207 Å². The topological polar surface area (TPSA) is 67.4 Å². The fourth-order valence-corrected chi connectivity index (χ4v) is 3.95. The van der Waals surface area contributed by atoms with E-state index in [1.54, 1.807) is 20.0 Å². The molecule has 1 amide bonds. The summed E-state index contributed by atoms with van der Waals surface area (Å²) in [6.07, 6.45) is 2.78. The van der Waals surface area contributed by atoms with Gasteiger partial charge in [0.25, 0.3) is 11.8 Å². The zero-order chi connectivity index (χ0) is 25.9. The summed E-state index contributed by atoms with van der Waals surface area (Å²) in [7, 11) is 0. The summed E-state index contributed by atoms with van der Waals surface area (Å²) >= 11 is 0. The summed E-state index contributed by atoms with van der Waals surface area (Å²) in [5.41, 5.74) is 2.85. The van der Waals surface area contributed by atoms with Crippen molar-refractivity contribution >= 4 is 17.3 Å². The number of morpholine rings is 1. The first-order valence-electron chi connectivity index (χ1n) is 11.4. The Hall–Kier alpha value is -3.90. The van der Waals surface area contributed by atoms with Gasteiger partial charge in [0.1, 0.15) is 17.2 Å². The largest absolute Gasteiger partial charge is 0.378 e. The van der Waals surface area contributed by atoms with Crippen molar-refractivity contribution in [2.45, 2.75) is 26.7 Å². The molecule has 1 aliphatic heterocycles. The molecule has 1 aliphatic rings. The Morgan fingerprint density at radius 3 is 2.61 bits per heavy atom. The summed E-state index contributed by atoms with van der Waals surface area (Å²) in [4.78, 5) is 23.1. The average Bonchev–Trinajstić information content (AvgIpc) is 2.86. The standard InChI is InChI=1S/C27H25F3N4O2/c1-4-5-22-24(34-8-10-36-11-9-34)13-19(16-32-22)20-15-23(21(28)12-17(20)2)33-26(35)18-6-7-31-25(14-18)27(3,29)30/h6-7,12-16H,8-11H2,1-3H3,(H,33,35). The highest BCUT2D eigenvalue weighted by molar-refractivity contribution is 6.04. The number of nitrogens with zero attached hydrogens (tertiary/aromatic N) is 3. The first-order chi connectivity index (χ1) is 17.2. The summed E-state index contributed by atoms with van der Waals surface area (Å²) in [5.74, 6) is 1.33. The van der Waals surface area contributed by atoms with Crippen LogP contribution in [0, 0.1) is 24.6 Å². The molecular weight excluding hydrogens is 469 g/mol. The van der Waals surface area contributed by atoms with Crippen molar-refractivity contribution < 1.29 is 22.7 Å². The molecule has 9 heteroatoms. The number of aryl methyl sites for hydroxylation is 1. The Bertz CT molecular complexity index is 1350. The lowest BCUT2D eigenvalue weighted by molar-refractivity contribution is 0.0127. The Balaban J connectivity index is 1.69. The van der Waals surface area contributed by atoms with Gasteiger partial charge in [0.15, 0.2) is 0 Å². The predicted octanol–water partition coefficient (Wildman–Crippen LogP) is 5.16. The van der Waals surface area contributed by atoms with Crippen molar-refractivity contribution in [2.75, 3.05) is 36.5 Å². The molecule has 0 unspecified atom stereocenters. The minimum Gasteiger partial charge on any atom is -0.378 e. The van der Waals surface area contributed by atoms with E-state index in [0.717, 1.165) is 23.5 Å². The van der Waals surface area contributed by atoms with E-state index in [9.17, 15) is 18.0 Å². The van der Waals surface area contributed by atoms with Crippen LogP contribution in [-0.2, 0) is 10.7 Å². The van der Waals surface area contributed by atoms with E-state index in [2.05, 4.69) is 32.0 Å². The molecule has 0 atom stereocenters. The highest BCUT2D eigenvalue weighted by atomic mass is 19.3. The molecule has 186 valence electrons. The maximum Gasteiger partial charge on any atom is 0.286 e. The molecule has 3 aromatic rings. The number of carbonyl (C=O) groups excluding carboxylic acids is 1. The third-order valence-electron chi connectivity index (χ3n) is 5.81. The molecule has 2 aromatic heterocycles. The number of rotatable bonds is 5. The normalized spacial score (nSPS) is 13.7. The molecule has 0 radical (unpaired) electrons. The molecule has 0 aliphatic carbocycles. The number of nitrogens with one attached hydrogen (secondary N) is 1. The van der Waals surface area contributed by atoms with E-state index < -0.39 is 23.3 Å². The number of halogens is 3. The van der Waals surface area contributed by atoms with E-state index in [1.165, 1.54) is 18.2 Å². The second-order valence-electron chi connectivity index (χ2n) is 8.49. The van der Waals surface area contributed by atoms with Gasteiger partial charge in [-0.25, -0.2) is 9.37 Å². The van der Waals surface area contributed by atoms with Crippen LogP contribution >= 0.6 is 0 Å². The van der Waals surface area contributed by atoms with Gasteiger partial charge >= 0.3 is 0 Å². The number of amides is 1. The van der Waals surface area contributed by atoms with Crippen LogP contribution in [-0.4, -0.2) is 42.2 Å². The van der Waals surface area contributed by atoms with Crippen LogP contribution in [0.15, 0.2) is 42.7 Å². The molecule has 6 nitrogen and oxygen atoms in total. The van der Waals surface area contributed by atoms with Crippen LogP contribution in [0.25, 0.3) is 11.1 Å². The molecule has 1 saturated heterocycles. The van der Waals surface area contributed by atoms with E-state index in [1.807, 2.05) is 6.07 Å². The minimum absolute atomic E-state index is 0.0539. The summed E-state index contributed by atoms with van der Waals surface area (Å²) in [6, 6.07) is 7.07. The predicted molar refractivity (Wildman–Crippen MR) is 132 cm³/mol. The lowest BCUT2D eigenvalue weighted by Crippen LogP contribution is -2.36. The lowest BCUT2D eigenvalue weighted by Gasteiger charge is -2.29. The maximum atomic E-state index is 14.8. The van der Waals surface area contributed by atoms with Gasteiger partial charge in [-0.1, -0.05) is 5.92 Å². The van der Waals surface area contributed by atoms with E-state index >= 15 is 0 Å². The van der Waals surface area contributed by atoms with Crippen molar-refractivity contribution in [1.29, 1.82) is 0 Å². The Morgan fingerprint density at radius 2 is 1.92 bits per heavy atom. The third-order valence-corrected chi connectivity index (χ3v) is 5.81. The molecule has 1 N–H and O–H groups in total. The number of anilines is 2. The second-order valence-corrected chi connectivity index (χ2v) is 8.49. The smallest absolute Gasteiger partial charge is 0.286 e. The minimum atomic E-state index is -3.21. The molecule has 1 fully saturated rings. The van der Waals surface area contributed by atoms with Gasteiger partial charge in [-0.05, 0) is 61.2 Å². The number of carbonyl (C=O) groups is 1. The van der Waals surface area contributed by atoms with Crippen molar-refractivity contribution in [3.05, 3.63) is 71.1 Å². The van der Waals surface area contributed by atoms with Crippen LogP contribution in [0.1, 0.15) is 41.2 Å². The maximum absolute atomic E-state index is 14.8. The summed E-state index contributed by atoms with van der Waals surface area (Å²) < 4.78 is 47.6. The van der Waals surface area contributed by atoms with Gasteiger partial charge in [0, 0.05) is 43.5 Å². The summed E-state index contributed by atoms with van der Waals surface area (Å²) in [5, 5.41) is 2.50. The van der Waals surface area contributed by atoms with Gasteiger partial charge in [0.05, 0.1) is 24.6 Å². The molecule has 0 bridgehead atoms. The van der Waals surface area contributed by atoms with E-state index in [4.69, 9.17) is 4.74 Å². The molecule has 1 aromatic carbocycles. The first kappa shape index (κ1) is 25.2. The molecule has 0 spiro atoms. The Kier molecular flexibility index (Phi) is 7.27. The second kappa shape index (κ2) is 10.4. The number of ether oxygens (including phenoxy) is 1. The molecule has 4 rings (SSSR count). The van der Waals surface area contributed by atoms with Gasteiger partial charge in [-0.3, -0.25) is 9.78 Å². The first-order valence-corrected chi connectivity index (χ1v) is 11.4. The van der Waals surface area contributed by atoms with Crippen LogP contribution in [0.2, 0.25) is 0 Å². The fourth-order valence-electron chi connectivity index (χ4n) is 3.95. The molecule has 36 heavy (non-hydrogen) atoms. The SMILES string of the molecule is CC#Cc1ncc(-c2cc(NC(=O)c3ccnc(C(C)(F)F)c3)c(F)cc2C)cc1N1CCOCC1. The zero-order valence-electron chi connectivity index (χ0n) is 20.2. The number of hydrogen-bond donors (Lipinski definition) is 1. The quantitative estimate of drug-likeness (QED) is 0.496. The van der Waals surface area contributed by atoms with Crippen molar-refractivity contribution in [3.8, 4) is 23.0 Å². The van der Waals surface area contributed by atoms with Crippen LogP contribution in [0.4, 0.5) is 24.5 Å². The third kappa shape index (κ3) is 5.50. The van der Waals surface area contributed by atoms with Crippen LogP contribution in [0.3, 0.4) is 0 Å².